The summed E-state index contributed by atoms with van der Waals surface area (Å²) in [5.74, 6) is -1.83. The Morgan fingerprint density at radius 1 is 0.969 bits per heavy atom. The summed E-state index contributed by atoms with van der Waals surface area (Å²) >= 11 is 5.87. The number of aromatic carboxylic acids is 1. The van der Waals surface area contributed by atoms with Gasteiger partial charge < -0.3 is 15.0 Å². The molecule has 0 spiro atoms. The number of carbonyl (C=O) groups is 2. The minimum absolute atomic E-state index is 0.0699. The summed E-state index contributed by atoms with van der Waals surface area (Å²) in [5.41, 5.74) is 0.462. The zero-order chi connectivity index (χ0) is 23.0. The van der Waals surface area contributed by atoms with Crippen LogP contribution >= 0.6 is 11.6 Å². The lowest BCUT2D eigenvalue weighted by Gasteiger charge is -2.11. The van der Waals surface area contributed by atoms with Crippen LogP contribution in [0.4, 0.5) is 5.69 Å². The van der Waals surface area contributed by atoms with E-state index < -0.39 is 21.7 Å². The molecule has 9 heteroatoms. The van der Waals surface area contributed by atoms with Gasteiger partial charge in [0.05, 0.1) is 26.6 Å². The summed E-state index contributed by atoms with van der Waals surface area (Å²) in [4.78, 5) is 24.7. The van der Waals surface area contributed by atoms with E-state index in [1.165, 1.54) is 41.0 Å². The first-order valence-electron chi connectivity index (χ1n) is 9.43. The Morgan fingerprint density at radius 2 is 1.69 bits per heavy atom. The quantitative estimate of drug-likeness (QED) is 0.444. The van der Waals surface area contributed by atoms with Crippen molar-refractivity contribution in [3.63, 3.8) is 0 Å². The summed E-state index contributed by atoms with van der Waals surface area (Å²) < 4.78 is 27.9. The number of aryl methyl sites for hydroxylation is 1. The van der Waals surface area contributed by atoms with Crippen molar-refractivity contribution in [1.29, 1.82) is 0 Å². The van der Waals surface area contributed by atoms with Crippen LogP contribution in [0.15, 0.2) is 82.6 Å². The van der Waals surface area contributed by atoms with Crippen molar-refractivity contribution in [1.82, 2.24) is 4.57 Å². The molecule has 0 aliphatic heterocycles. The normalized spacial score (nSPS) is 11.4. The van der Waals surface area contributed by atoms with E-state index in [-0.39, 0.29) is 31.8 Å². The molecular weight excluding hydrogens is 452 g/mol. The molecular formula is C23H17ClN2O5S. The summed E-state index contributed by atoms with van der Waals surface area (Å²) in [6.07, 6.45) is 0. The molecule has 0 saturated heterocycles. The number of fused-ring (bicyclic) bond motifs is 1. The Hall–Kier alpha value is -3.62. The Kier molecular flexibility index (Phi) is 5.50. The van der Waals surface area contributed by atoms with Crippen molar-refractivity contribution in [3.8, 4) is 0 Å². The minimum atomic E-state index is -3.83. The van der Waals surface area contributed by atoms with Crippen molar-refractivity contribution in [2.45, 2.75) is 9.79 Å². The highest BCUT2D eigenvalue weighted by atomic mass is 35.5. The van der Waals surface area contributed by atoms with Gasteiger partial charge in [0.1, 0.15) is 5.69 Å². The topological polar surface area (TPSA) is 105 Å². The summed E-state index contributed by atoms with van der Waals surface area (Å²) in [6, 6.07) is 18.5. The Bertz CT molecular complexity index is 1480. The first kappa shape index (κ1) is 21.6. The van der Waals surface area contributed by atoms with E-state index in [0.717, 1.165) is 0 Å². The maximum atomic E-state index is 13.2. The van der Waals surface area contributed by atoms with Gasteiger partial charge in [0.25, 0.3) is 5.91 Å². The fourth-order valence-corrected chi connectivity index (χ4v) is 5.24. The second-order valence-corrected chi connectivity index (χ2v) is 9.40. The van der Waals surface area contributed by atoms with Gasteiger partial charge in [0.2, 0.25) is 9.84 Å². The first-order chi connectivity index (χ1) is 15.2. The van der Waals surface area contributed by atoms with Crippen LogP contribution in [0, 0.1) is 0 Å². The second-order valence-electron chi connectivity index (χ2n) is 7.05. The smallest absolute Gasteiger partial charge is 0.337 e. The van der Waals surface area contributed by atoms with Crippen LogP contribution in [0.5, 0.6) is 0 Å². The molecule has 0 bridgehead atoms. The number of nitrogens with zero attached hydrogens (tertiary/aromatic N) is 1. The summed E-state index contributed by atoms with van der Waals surface area (Å²) in [6.45, 7) is 0. The lowest BCUT2D eigenvalue weighted by Crippen LogP contribution is -2.18. The van der Waals surface area contributed by atoms with Crippen LogP contribution in [0.25, 0.3) is 10.9 Å². The van der Waals surface area contributed by atoms with Gasteiger partial charge >= 0.3 is 5.97 Å². The van der Waals surface area contributed by atoms with Gasteiger partial charge in [-0.15, -0.1) is 0 Å². The number of halogens is 1. The molecule has 2 N–H and O–H groups in total. The standard InChI is InChI=1S/C23H17ClN2O5S/c1-26-19(22(27)25-18-11-10-15(24)13-17(18)23(28)29)12-14-6-5-9-20(21(14)26)32(30,31)16-7-3-2-4-8-16/h2-13H,1H3,(H,25,27)(H,28,29). The fourth-order valence-electron chi connectivity index (χ4n) is 3.53. The number of carboxylic acid groups (broad SMARTS) is 1. The third-order valence-corrected chi connectivity index (χ3v) is 7.09. The molecule has 0 aliphatic rings. The van der Waals surface area contributed by atoms with Crippen molar-refractivity contribution in [2.75, 3.05) is 5.32 Å². The van der Waals surface area contributed by atoms with Crippen LogP contribution < -0.4 is 5.32 Å². The zero-order valence-electron chi connectivity index (χ0n) is 16.7. The number of sulfone groups is 1. The third-order valence-electron chi connectivity index (χ3n) is 5.06. The van der Waals surface area contributed by atoms with Gasteiger partial charge in [-0.2, -0.15) is 0 Å². The molecule has 0 saturated carbocycles. The van der Waals surface area contributed by atoms with Crippen LogP contribution in [-0.4, -0.2) is 30.0 Å². The van der Waals surface area contributed by atoms with Crippen LogP contribution in [0.2, 0.25) is 5.02 Å². The van der Waals surface area contributed by atoms with Crippen molar-refractivity contribution >= 4 is 49.9 Å². The molecule has 7 nitrogen and oxygen atoms in total. The molecule has 0 fully saturated rings. The molecule has 1 amide bonds. The first-order valence-corrected chi connectivity index (χ1v) is 11.3. The predicted octanol–water partition coefficient (Wildman–Crippen LogP) is 4.62. The molecule has 0 atom stereocenters. The highest BCUT2D eigenvalue weighted by Crippen LogP contribution is 2.31. The maximum Gasteiger partial charge on any atom is 0.337 e. The number of benzene rings is 3. The predicted molar refractivity (Wildman–Crippen MR) is 121 cm³/mol. The molecule has 4 rings (SSSR count). The van der Waals surface area contributed by atoms with Gasteiger partial charge in [-0.05, 0) is 42.5 Å². The number of carboxylic acids is 1. The number of amides is 1. The van der Waals surface area contributed by atoms with E-state index in [9.17, 15) is 23.1 Å². The average molecular weight is 469 g/mol. The molecule has 32 heavy (non-hydrogen) atoms. The van der Waals surface area contributed by atoms with E-state index >= 15 is 0 Å². The zero-order valence-corrected chi connectivity index (χ0v) is 18.3. The number of rotatable bonds is 5. The summed E-state index contributed by atoms with van der Waals surface area (Å²) in [5, 5.41) is 12.8. The Morgan fingerprint density at radius 3 is 2.38 bits per heavy atom. The third kappa shape index (κ3) is 3.74. The minimum Gasteiger partial charge on any atom is -0.478 e. The number of hydrogen-bond acceptors (Lipinski definition) is 4. The molecule has 162 valence electrons. The molecule has 4 aromatic rings. The monoisotopic (exact) mass is 468 g/mol. The van der Waals surface area contributed by atoms with Crippen LogP contribution in [0.1, 0.15) is 20.8 Å². The van der Waals surface area contributed by atoms with Crippen LogP contribution in [0.3, 0.4) is 0 Å². The fraction of sp³-hybridized carbons (Fsp3) is 0.0435. The van der Waals surface area contributed by atoms with Gasteiger partial charge in [-0.3, -0.25) is 4.79 Å². The van der Waals surface area contributed by atoms with Crippen molar-refractivity contribution < 1.29 is 23.1 Å². The van der Waals surface area contributed by atoms with E-state index in [1.54, 1.807) is 43.4 Å². The average Bonchev–Trinajstić information content (AvgIpc) is 3.12. The molecule has 0 unspecified atom stereocenters. The highest BCUT2D eigenvalue weighted by molar-refractivity contribution is 7.91. The largest absolute Gasteiger partial charge is 0.478 e. The molecule has 1 aromatic heterocycles. The Labute approximate surface area is 188 Å². The van der Waals surface area contributed by atoms with E-state index in [1.807, 2.05) is 0 Å². The van der Waals surface area contributed by atoms with Crippen molar-refractivity contribution in [2.24, 2.45) is 7.05 Å². The van der Waals surface area contributed by atoms with E-state index in [0.29, 0.717) is 10.9 Å². The SMILES string of the molecule is Cn1c(C(=O)Nc2ccc(Cl)cc2C(=O)O)cc2cccc(S(=O)(=O)c3ccccc3)c21. The van der Waals surface area contributed by atoms with E-state index in [4.69, 9.17) is 11.6 Å². The number of carbonyl (C=O) groups excluding carboxylic acids is 1. The number of aromatic nitrogens is 1. The molecule has 0 radical (unpaired) electrons. The molecule has 1 heterocycles. The Balaban J connectivity index is 1.80. The molecule has 3 aromatic carbocycles. The molecule has 0 aliphatic carbocycles. The maximum absolute atomic E-state index is 13.2. The highest BCUT2D eigenvalue weighted by Gasteiger charge is 2.24. The number of para-hydroxylation sites is 1. The van der Waals surface area contributed by atoms with E-state index in [2.05, 4.69) is 5.32 Å². The lowest BCUT2D eigenvalue weighted by atomic mass is 10.1. The summed E-state index contributed by atoms with van der Waals surface area (Å²) in [7, 11) is -2.24. The van der Waals surface area contributed by atoms with Gasteiger partial charge in [-0.25, -0.2) is 13.2 Å². The number of hydrogen-bond donors (Lipinski definition) is 2. The van der Waals surface area contributed by atoms with Gasteiger partial charge in [0, 0.05) is 17.5 Å². The van der Waals surface area contributed by atoms with Gasteiger partial charge in [0.15, 0.2) is 0 Å². The second kappa shape index (κ2) is 8.14. The van der Waals surface area contributed by atoms with Crippen LogP contribution in [-0.2, 0) is 16.9 Å². The van der Waals surface area contributed by atoms with Gasteiger partial charge in [-0.1, -0.05) is 41.9 Å². The number of anilines is 1. The lowest BCUT2D eigenvalue weighted by molar-refractivity contribution is 0.0698. The van der Waals surface area contributed by atoms with Crippen molar-refractivity contribution in [3.05, 3.63) is 89.1 Å². The number of nitrogens with one attached hydrogen (secondary N) is 1.